The Morgan fingerprint density at radius 2 is 1.55 bits per heavy atom. The minimum absolute atomic E-state index is 0.229. The highest BCUT2D eigenvalue weighted by Gasteiger charge is 2.23. The van der Waals surface area contributed by atoms with Crippen molar-refractivity contribution in [2.45, 2.75) is 12.7 Å². The first-order valence-corrected chi connectivity index (χ1v) is 9.75. The van der Waals surface area contributed by atoms with Crippen molar-refractivity contribution in [3.63, 3.8) is 0 Å². The highest BCUT2D eigenvalue weighted by molar-refractivity contribution is 5.83. The lowest BCUT2D eigenvalue weighted by Gasteiger charge is -2.29. The minimum atomic E-state index is -0.323. The molecule has 0 amide bonds. The van der Waals surface area contributed by atoms with Crippen LogP contribution in [-0.2, 0) is 14.2 Å². The second-order valence-electron chi connectivity index (χ2n) is 7.22. The van der Waals surface area contributed by atoms with E-state index in [1.54, 1.807) is 13.2 Å². The van der Waals surface area contributed by atoms with Crippen LogP contribution < -0.4 is 0 Å². The predicted molar refractivity (Wildman–Crippen MR) is 111 cm³/mol. The highest BCUT2D eigenvalue weighted by Crippen LogP contribution is 2.26. The van der Waals surface area contributed by atoms with E-state index in [2.05, 4.69) is 11.8 Å². The molecule has 3 aromatic rings. The Kier molecular flexibility index (Phi) is 6.21. The highest BCUT2D eigenvalue weighted by atomic mass is 19.1. The van der Waals surface area contributed by atoms with Crippen molar-refractivity contribution in [3.8, 4) is 11.8 Å². The summed E-state index contributed by atoms with van der Waals surface area (Å²) in [5, 5.41) is 1.85. The van der Waals surface area contributed by atoms with Gasteiger partial charge in [0.15, 0.2) is 6.29 Å². The van der Waals surface area contributed by atoms with Crippen LogP contribution in [-0.4, -0.2) is 26.9 Å². The topological polar surface area (TPSA) is 27.7 Å². The maximum absolute atomic E-state index is 13.3. The number of rotatable bonds is 4. The molecule has 0 aliphatic carbocycles. The summed E-state index contributed by atoms with van der Waals surface area (Å²) in [6.07, 6.45) is 0.623. The first kappa shape index (κ1) is 19.6. The van der Waals surface area contributed by atoms with Crippen molar-refractivity contribution < 1.29 is 18.6 Å². The molecular formula is C25H23FO3. The van der Waals surface area contributed by atoms with Gasteiger partial charge < -0.3 is 14.2 Å². The lowest BCUT2D eigenvalue weighted by atomic mass is 10.1. The van der Waals surface area contributed by atoms with Gasteiger partial charge in [-0.1, -0.05) is 36.1 Å². The van der Waals surface area contributed by atoms with E-state index in [1.807, 2.05) is 42.5 Å². The van der Waals surface area contributed by atoms with Crippen molar-refractivity contribution >= 4 is 10.8 Å². The van der Waals surface area contributed by atoms with E-state index in [-0.39, 0.29) is 12.1 Å². The Labute approximate surface area is 170 Å². The molecular weight excluding hydrogens is 367 g/mol. The smallest absolute Gasteiger partial charge is 0.183 e. The van der Waals surface area contributed by atoms with Crippen LogP contribution in [0.25, 0.3) is 10.8 Å². The quantitative estimate of drug-likeness (QED) is 0.582. The molecule has 0 spiro atoms. The summed E-state index contributed by atoms with van der Waals surface area (Å²) in [5.74, 6) is 6.51. The number of ether oxygens (including phenoxy) is 3. The summed E-state index contributed by atoms with van der Waals surface area (Å²) < 4.78 is 30.1. The van der Waals surface area contributed by atoms with Gasteiger partial charge in [-0.2, -0.15) is 0 Å². The zero-order valence-electron chi connectivity index (χ0n) is 16.4. The van der Waals surface area contributed by atoms with Crippen molar-refractivity contribution in [1.29, 1.82) is 0 Å². The second kappa shape index (κ2) is 9.19. The molecule has 3 aromatic carbocycles. The van der Waals surface area contributed by atoms with E-state index in [0.717, 1.165) is 40.5 Å². The van der Waals surface area contributed by atoms with E-state index in [9.17, 15) is 4.39 Å². The molecule has 0 N–H and O–H groups in total. The molecule has 0 bridgehead atoms. The fourth-order valence-corrected chi connectivity index (χ4v) is 3.35. The third-order valence-electron chi connectivity index (χ3n) is 5.03. The number of fused-ring (bicyclic) bond motifs is 1. The Balaban J connectivity index is 1.40. The third-order valence-corrected chi connectivity index (χ3v) is 5.03. The first-order valence-electron chi connectivity index (χ1n) is 9.75. The molecule has 1 aliphatic heterocycles. The number of halogens is 1. The van der Waals surface area contributed by atoms with E-state index in [0.29, 0.717) is 19.1 Å². The van der Waals surface area contributed by atoms with Gasteiger partial charge in [0, 0.05) is 36.3 Å². The van der Waals surface area contributed by atoms with Gasteiger partial charge in [0.05, 0.1) is 13.2 Å². The zero-order valence-corrected chi connectivity index (χ0v) is 16.4. The van der Waals surface area contributed by atoms with E-state index in [1.165, 1.54) is 12.1 Å². The van der Waals surface area contributed by atoms with Crippen LogP contribution in [0.3, 0.4) is 0 Å². The number of methoxy groups -OCH3 is 1. The monoisotopic (exact) mass is 390 g/mol. The average molecular weight is 390 g/mol. The summed E-state index contributed by atoms with van der Waals surface area (Å²) in [5.41, 5.74) is 2.81. The summed E-state index contributed by atoms with van der Waals surface area (Å²) in [7, 11) is 1.71. The van der Waals surface area contributed by atoms with E-state index in [4.69, 9.17) is 14.2 Å². The molecule has 4 heteroatoms. The SMILES string of the molecule is COCCC1COC(c2ccc(C#Cc3ccc4cc(F)ccc4c3)cc2)OC1. The zero-order chi connectivity index (χ0) is 20.1. The Morgan fingerprint density at radius 1 is 0.897 bits per heavy atom. The molecule has 29 heavy (non-hydrogen) atoms. The van der Waals surface area contributed by atoms with Crippen LogP contribution in [0.5, 0.6) is 0 Å². The fraction of sp³-hybridized carbons (Fsp3) is 0.280. The fourth-order valence-electron chi connectivity index (χ4n) is 3.35. The average Bonchev–Trinajstić information content (AvgIpc) is 2.77. The van der Waals surface area contributed by atoms with Gasteiger partial charge in [-0.15, -0.1) is 0 Å². The van der Waals surface area contributed by atoms with Crippen LogP contribution in [0.1, 0.15) is 29.4 Å². The Bertz CT molecular complexity index is 1030. The Hall–Kier alpha value is -2.71. The summed E-state index contributed by atoms with van der Waals surface area (Å²) in [4.78, 5) is 0. The van der Waals surface area contributed by atoms with Crippen LogP contribution >= 0.6 is 0 Å². The van der Waals surface area contributed by atoms with E-state index >= 15 is 0 Å². The number of benzene rings is 3. The number of hydrogen-bond acceptors (Lipinski definition) is 3. The molecule has 0 atom stereocenters. The van der Waals surface area contributed by atoms with Gasteiger partial charge in [0.25, 0.3) is 0 Å². The van der Waals surface area contributed by atoms with Crippen LogP contribution in [0.2, 0.25) is 0 Å². The lowest BCUT2D eigenvalue weighted by Crippen LogP contribution is -2.27. The van der Waals surface area contributed by atoms with Gasteiger partial charge in [-0.25, -0.2) is 4.39 Å². The van der Waals surface area contributed by atoms with Crippen molar-refractivity contribution in [3.05, 3.63) is 83.2 Å². The summed E-state index contributed by atoms with van der Waals surface area (Å²) in [6, 6.07) is 18.5. The molecule has 0 aromatic heterocycles. The molecule has 0 radical (unpaired) electrons. The third kappa shape index (κ3) is 5.02. The molecule has 4 rings (SSSR count). The van der Waals surface area contributed by atoms with Gasteiger partial charge >= 0.3 is 0 Å². The van der Waals surface area contributed by atoms with Crippen molar-refractivity contribution in [2.75, 3.05) is 26.9 Å². The van der Waals surface area contributed by atoms with Gasteiger partial charge in [-0.3, -0.25) is 0 Å². The van der Waals surface area contributed by atoms with Crippen LogP contribution in [0, 0.1) is 23.6 Å². The number of hydrogen-bond donors (Lipinski definition) is 0. The summed E-state index contributed by atoms with van der Waals surface area (Å²) in [6.45, 7) is 2.09. The van der Waals surface area contributed by atoms with E-state index < -0.39 is 0 Å². The summed E-state index contributed by atoms with van der Waals surface area (Å²) >= 11 is 0. The van der Waals surface area contributed by atoms with Gasteiger partial charge in [0.1, 0.15) is 5.82 Å². The molecule has 1 saturated heterocycles. The predicted octanol–water partition coefficient (Wildman–Crippen LogP) is 5.08. The van der Waals surface area contributed by atoms with Gasteiger partial charge in [-0.05, 0) is 53.6 Å². The largest absolute Gasteiger partial charge is 0.385 e. The van der Waals surface area contributed by atoms with Gasteiger partial charge in [0.2, 0.25) is 0 Å². The molecule has 148 valence electrons. The second-order valence-corrected chi connectivity index (χ2v) is 7.22. The standard InChI is InChI=1S/C25H23FO3/c1-27-13-12-20-16-28-25(29-17-20)21-7-4-18(5-8-21)2-3-19-6-9-23-15-24(26)11-10-22(23)14-19/h4-11,14-15,20,25H,12-13,16-17H2,1H3. The molecule has 1 heterocycles. The van der Waals surface area contributed by atoms with Crippen molar-refractivity contribution in [1.82, 2.24) is 0 Å². The molecule has 3 nitrogen and oxygen atoms in total. The molecule has 0 unspecified atom stereocenters. The molecule has 1 fully saturated rings. The normalized spacial score (nSPS) is 19.0. The lowest BCUT2D eigenvalue weighted by molar-refractivity contribution is -0.207. The molecule has 0 saturated carbocycles. The minimum Gasteiger partial charge on any atom is -0.385 e. The van der Waals surface area contributed by atoms with Crippen molar-refractivity contribution in [2.24, 2.45) is 5.92 Å². The molecule has 1 aliphatic rings. The van der Waals surface area contributed by atoms with Crippen LogP contribution in [0.15, 0.2) is 60.7 Å². The first-order chi connectivity index (χ1) is 14.2. The Morgan fingerprint density at radius 3 is 2.31 bits per heavy atom. The maximum Gasteiger partial charge on any atom is 0.183 e. The maximum atomic E-state index is 13.3. The van der Waals surface area contributed by atoms with Crippen LogP contribution in [0.4, 0.5) is 4.39 Å².